The van der Waals surface area contributed by atoms with E-state index in [9.17, 15) is 29.7 Å². The number of nitrogens with zero attached hydrogens (tertiary/aromatic N) is 8. The lowest BCUT2D eigenvalue weighted by Gasteiger charge is -2.22. The number of nitrogen functional groups attached to an aromatic ring is 2. The van der Waals surface area contributed by atoms with E-state index in [1.165, 1.54) is 41.6 Å². The summed E-state index contributed by atoms with van der Waals surface area (Å²) in [5.41, 5.74) is 12.7. The zero-order valence-electron chi connectivity index (χ0n) is 23.5. The van der Waals surface area contributed by atoms with E-state index >= 15 is 0 Å². The van der Waals surface area contributed by atoms with E-state index in [1.54, 1.807) is 0 Å². The molecule has 0 saturated carbocycles. The van der Waals surface area contributed by atoms with Gasteiger partial charge in [-0.25, -0.2) is 38.8 Å². The number of hydrogen-bond donors (Lipinski definition) is 7. The topological polar surface area (TPSA) is 313 Å². The molecule has 25 heteroatoms. The van der Waals surface area contributed by atoms with Crippen LogP contribution >= 0.6 is 14.5 Å². The highest BCUT2D eigenvalue weighted by Gasteiger charge is 2.48. The van der Waals surface area contributed by atoms with Gasteiger partial charge in [-0.3, -0.25) is 13.7 Å². The first-order chi connectivity index (χ1) is 21.8. The second-order valence-corrected chi connectivity index (χ2v) is 14.5. The minimum Gasteiger partial charge on any atom is -0.387 e. The van der Waals surface area contributed by atoms with Crippen molar-refractivity contribution in [2.75, 3.05) is 31.8 Å². The van der Waals surface area contributed by atoms with Crippen molar-refractivity contribution in [3.8, 4) is 0 Å². The van der Waals surface area contributed by atoms with Crippen molar-refractivity contribution in [2.45, 2.75) is 49.1 Å². The molecule has 4 aromatic rings. The Kier molecular flexibility index (Phi) is 9.08. The lowest BCUT2D eigenvalue weighted by atomic mass is 10.1. The first-order valence-electron chi connectivity index (χ1n) is 13.2. The van der Waals surface area contributed by atoms with Crippen molar-refractivity contribution in [3.05, 3.63) is 25.3 Å². The maximum atomic E-state index is 12.7. The van der Waals surface area contributed by atoms with Crippen LogP contribution < -0.4 is 11.5 Å². The number of rotatable bonds is 11. The van der Waals surface area contributed by atoms with Gasteiger partial charge in [-0.1, -0.05) is 0 Å². The SMILES string of the molecule is CO[C@@H]1[C@H](O)[C@@H](COP(O)(=S)OP(=O)(O)OC[C@H]2O[C@@H](n3cnc4c(N)ncnc43)[C@H](O)[C@@H]2O)O[C@H]1n1cnc2c(N)ncnc21. The van der Waals surface area contributed by atoms with E-state index in [0.717, 1.165) is 0 Å². The van der Waals surface area contributed by atoms with Gasteiger partial charge in [0.05, 0.1) is 25.9 Å². The van der Waals surface area contributed by atoms with E-state index in [1.807, 2.05) is 0 Å². The standard InChI is InChI=1S/C21H28N10O12P2S/c1-38-15-13(33)9(42-21(15)31-7-29-11-17(23)25-5-27-19(11)31)3-40-45(37,46)43-44(35,36)39-2-8-12(32)14(34)20(41-8)30-6-28-10-16(22)24-4-26-18(10)30/h4-9,12-15,20-21,32-34H,2-3H2,1H3,(H,35,36)(H,37,46)(H2,22,24,26)(H2,23,25,27)/t8-,9-,12-,13-,14-,15-,20-,21-,45?/m1/s1. The molecular formula is C21H28N10O12P2S. The van der Waals surface area contributed by atoms with Gasteiger partial charge in [0.1, 0.15) is 60.3 Å². The third kappa shape index (κ3) is 6.23. The number of imidazole rings is 2. The molecule has 6 rings (SSSR count). The molecule has 2 aliphatic rings. The summed E-state index contributed by atoms with van der Waals surface area (Å²) in [7, 11) is -3.81. The zero-order valence-corrected chi connectivity index (χ0v) is 26.1. The van der Waals surface area contributed by atoms with E-state index in [2.05, 4.69) is 29.9 Å². The molecule has 0 spiro atoms. The number of aliphatic hydroxyl groups is 3. The third-order valence-electron chi connectivity index (χ3n) is 7.25. The smallest absolute Gasteiger partial charge is 0.387 e. The van der Waals surface area contributed by atoms with Crippen molar-refractivity contribution in [1.29, 1.82) is 0 Å². The molecule has 2 saturated heterocycles. The Bertz CT molecular complexity index is 1830. The van der Waals surface area contributed by atoms with Crippen molar-refractivity contribution in [2.24, 2.45) is 0 Å². The lowest BCUT2D eigenvalue weighted by molar-refractivity contribution is -0.0572. The molecule has 0 aromatic carbocycles. The maximum Gasteiger partial charge on any atom is 0.479 e. The molecule has 0 bridgehead atoms. The molecule has 2 fully saturated rings. The van der Waals surface area contributed by atoms with Gasteiger partial charge in [-0.05, 0) is 11.8 Å². The van der Waals surface area contributed by atoms with Crippen LogP contribution in [0.2, 0.25) is 0 Å². The van der Waals surface area contributed by atoms with Crippen molar-refractivity contribution < 1.29 is 57.2 Å². The number of nitrogens with two attached hydrogens (primary N) is 2. The predicted octanol–water partition coefficient (Wildman–Crippen LogP) is -1.91. The van der Waals surface area contributed by atoms with Crippen LogP contribution in [0.1, 0.15) is 12.5 Å². The highest BCUT2D eigenvalue weighted by atomic mass is 32.5. The van der Waals surface area contributed by atoms with Crippen LogP contribution in [0.3, 0.4) is 0 Å². The fourth-order valence-electron chi connectivity index (χ4n) is 5.06. The summed E-state index contributed by atoms with van der Waals surface area (Å²) >= 11 is 4.87. The Morgan fingerprint density at radius 2 is 1.35 bits per heavy atom. The maximum absolute atomic E-state index is 12.7. The lowest BCUT2D eigenvalue weighted by Crippen LogP contribution is -2.35. The molecule has 0 radical (unpaired) electrons. The van der Waals surface area contributed by atoms with Crippen LogP contribution in [0.15, 0.2) is 25.3 Å². The number of phosphoric acid groups is 1. The number of ether oxygens (including phenoxy) is 3. The van der Waals surface area contributed by atoms with Crippen LogP contribution in [0.4, 0.5) is 11.6 Å². The van der Waals surface area contributed by atoms with Crippen LogP contribution in [0.5, 0.6) is 0 Å². The number of aliphatic hydroxyl groups excluding tert-OH is 3. The molecular weight excluding hydrogens is 678 g/mol. The summed E-state index contributed by atoms with van der Waals surface area (Å²) in [5, 5.41) is 31.9. The monoisotopic (exact) mass is 706 g/mol. The van der Waals surface area contributed by atoms with Crippen LogP contribution in [0, 0.1) is 0 Å². The predicted molar refractivity (Wildman–Crippen MR) is 155 cm³/mol. The minimum atomic E-state index is -5.14. The molecule has 9 N–H and O–H groups in total. The van der Waals surface area contributed by atoms with E-state index in [4.69, 9.17) is 50.8 Å². The zero-order chi connectivity index (χ0) is 33.0. The Labute approximate surface area is 262 Å². The minimum absolute atomic E-state index is 0.0804. The molecule has 250 valence electrons. The Hall–Kier alpha value is -2.86. The van der Waals surface area contributed by atoms with Crippen LogP contribution in [0.25, 0.3) is 22.3 Å². The molecule has 10 atom stereocenters. The van der Waals surface area contributed by atoms with E-state index in [-0.39, 0.29) is 22.8 Å². The number of methoxy groups -OCH3 is 1. The molecule has 2 unspecified atom stereocenters. The Morgan fingerprint density at radius 3 is 1.93 bits per heavy atom. The number of hydrogen-bond acceptors (Lipinski definition) is 19. The van der Waals surface area contributed by atoms with Crippen LogP contribution in [-0.4, -0.2) is 121 Å². The first-order valence-corrected chi connectivity index (χ1v) is 17.3. The second kappa shape index (κ2) is 12.6. The number of anilines is 2. The number of aromatic nitrogens is 8. The summed E-state index contributed by atoms with van der Waals surface area (Å²) in [6.07, 6.45) is -5.07. The number of fused-ring (bicyclic) bond motifs is 2. The summed E-state index contributed by atoms with van der Waals surface area (Å²) in [6, 6.07) is 0. The quantitative estimate of drug-likeness (QED) is 0.0837. The van der Waals surface area contributed by atoms with Gasteiger partial charge in [0.25, 0.3) is 0 Å². The molecule has 46 heavy (non-hydrogen) atoms. The van der Waals surface area contributed by atoms with Gasteiger partial charge < -0.3 is 55.3 Å². The largest absolute Gasteiger partial charge is 0.479 e. The van der Waals surface area contributed by atoms with Gasteiger partial charge in [0.15, 0.2) is 35.4 Å². The van der Waals surface area contributed by atoms with Gasteiger partial charge in [0, 0.05) is 7.11 Å². The average molecular weight is 707 g/mol. The summed E-state index contributed by atoms with van der Waals surface area (Å²) in [5.74, 6) is 0.208. The van der Waals surface area contributed by atoms with Gasteiger partial charge in [0.2, 0.25) is 0 Å². The first kappa shape index (κ1) is 33.1. The Morgan fingerprint density at radius 1 is 0.826 bits per heavy atom. The highest BCUT2D eigenvalue weighted by Crippen LogP contribution is 2.61. The second-order valence-electron chi connectivity index (χ2n) is 10.1. The third-order valence-corrected chi connectivity index (χ3v) is 10.8. The molecule has 4 aromatic heterocycles. The summed E-state index contributed by atoms with van der Waals surface area (Å²) in [6.45, 7) is -5.88. The number of phosphoric ester groups is 1. The summed E-state index contributed by atoms with van der Waals surface area (Å²) in [4.78, 5) is 44.9. The van der Waals surface area contributed by atoms with Crippen molar-refractivity contribution >= 4 is 60.3 Å². The summed E-state index contributed by atoms with van der Waals surface area (Å²) < 4.78 is 47.2. The molecule has 6 heterocycles. The van der Waals surface area contributed by atoms with Gasteiger partial charge in [-0.2, -0.15) is 0 Å². The molecule has 2 aliphatic heterocycles. The van der Waals surface area contributed by atoms with Gasteiger partial charge in [-0.15, -0.1) is 0 Å². The van der Waals surface area contributed by atoms with Crippen molar-refractivity contribution in [3.63, 3.8) is 0 Å². The van der Waals surface area contributed by atoms with Gasteiger partial charge >= 0.3 is 14.5 Å². The fourth-order valence-corrected chi connectivity index (χ4v) is 8.09. The molecule has 22 nitrogen and oxygen atoms in total. The average Bonchev–Trinajstić information content (AvgIpc) is 3.76. The van der Waals surface area contributed by atoms with Crippen LogP contribution in [-0.2, 0) is 43.9 Å². The van der Waals surface area contributed by atoms with Crippen molar-refractivity contribution in [1.82, 2.24) is 39.0 Å². The normalized spacial score (nSPS) is 31.0. The van der Waals surface area contributed by atoms with E-state index in [0.29, 0.717) is 11.2 Å². The fraction of sp³-hybridized carbons (Fsp3) is 0.524. The molecule has 0 aliphatic carbocycles. The molecule has 0 amide bonds. The Balaban J connectivity index is 1.06. The van der Waals surface area contributed by atoms with E-state index < -0.39 is 76.8 Å². The highest BCUT2D eigenvalue weighted by molar-refractivity contribution is 8.08.